The molecule has 10 heteroatoms. The van der Waals surface area contributed by atoms with Gasteiger partial charge in [0.1, 0.15) is 17.7 Å². The van der Waals surface area contributed by atoms with Crippen molar-refractivity contribution >= 4 is 28.6 Å². The molecule has 108 valence electrons. The Morgan fingerprint density at radius 2 is 2.25 bits per heavy atom. The third-order valence-electron chi connectivity index (χ3n) is 3.16. The number of imidazole rings is 1. The first-order valence-corrected chi connectivity index (χ1v) is 6.14. The highest BCUT2D eigenvalue weighted by atomic mass is 35.5. The van der Waals surface area contributed by atoms with Crippen molar-refractivity contribution in [3.8, 4) is 0 Å². The fourth-order valence-electron chi connectivity index (χ4n) is 2.18. The van der Waals surface area contributed by atoms with E-state index >= 15 is 0 Å². The number of aromatic nitrogens is 4. The summed E-state index contributed by atoms with van der Waals surface area (Å²) in [4.78, 5) is 11.7. The van der Waals surface area contributed by atoms with Crippen LogP contribution in [0.1, 0.15) is 6.23 Å². The van der Waals surface area contributed by atoms with E-state index in [9.17, 15) is 9.50 Å². The van der Waals surface area contributed by atoms with E-state index in [1.165, 1.54) is 10.9 Å². The molecule has 8 nitrogen and oxygen atoms in total. The molecule has 3 heterocycles. The third-order valence-corrected chi connectivity index (χ3v) is 3.33. The minimum Gasteiger partial charge on any atom is -0.394 e. The van der Waals surface area contributed by atoms with E-state index in [1.54, 1.807) is 0 Å². The van der Waals surface area contributed by atoms with Gasteiger partial charge in [-0.2, -0.15) is 9.97 Å². The SMILES string of the molecule is Nc1nc(Cl)nc2c1ncn2[C@@H]1O[C@H](CO)C(F)[C@@H]1O. The summed E-state index contributed by atoms with van der Waals surface area (Å²) in [5.74, 6) is 0.0711. The molecule has 0 aromatic carbocycles. The van der Waals surface area contributed by atoms with Gasteiger partial charge in [-0.05, 0) is 11.6 Å². The number of aliphatic hydroxyl groups is 2. The number of hydrogen-bond acceptors (Lipinski definition) is 7. The number of alkyl halides is 1. The van der Waals surface area contributed by atoms with Gasteiger partial charge in [0.2, 0.25) is 5.28 Å². The summed E-state index contributed by atoms with van der Waals surface area (Å²) in [6.07, 6.45) is -4.05. The average Bonchev–Trinajstić information content (AvgIpc) is 2.93. The Labute approximate surface area is 117 Å². The molecule has 1 unspecified atom stereocenters. The summed E-state index contributed by atoms with van der Waals surface area (Å²) >= 11 is 5.72. The monoisotopic (exact) mass is 303 g/mol. The molecular formula is C10H11ClFN5O3. The number of rotatable bonds is 2. The van der Waals surface area contributed by atoms with Crippen LogP contribution in [0.2, 0.25) is 5.28 Å². The maximum atomic E-state index is 13.7. The minimum atomic E-state index is -1.71. The number of fused-ring (bicyclic) bond motifs is 1. The maximum absolute atomic E-state index is 13.7. The van der Waals surface area contributed by atoms with Gasteiger partial charge in [-0.1, -0.05) is 0 Å². The van der Waals surface area contributed by atoms with Crippen molar-refractivity contribution in [2.24, 2.45) is 0 Å². The van der Waals surface area contributed by atoms with Crippen LogP contribution in [0.5, 0.6) is 0 Å². The summed E-state index contributed by atoms with van der Waals surface area (Å²) < 4.78 is 20.3. The molecule has 1 fully saturated rings. The van der Waals surface area contributed by atoms with E-state index in [4.69, 9.17) is 27.2 Å². The van der Waals surface area contributed by atoms with Crippen molar-refractivity contribution in [3.05, 3.63) is 11.6 Å². The van der Waals surface area contributed by atoms with Crippen LogP contribution < -0.4 is 5.73 Å². The molecule has 4 N–H and O–H groups in total. The van der Waals surface area contributed by atoms with Crippen LogP contribution >= 0.6 is 11.6 Å². The number of nitrogens with zero attached hydrogens (tertiary/aromatic N) is 4. The van der Waals surface area contributed by atoms with E-state index < -0.39 is 31.2 Å². The number of nitrogen functional groups attached to an aromatic ring is 1. The Kier molecular flexibility index (Phi) is 3.21. The van der Waals surface area contributed by atoms with Gasteiger partial charge in [0, 0.05) is 0 Å². The molecule has 3 rings (SSSR count). The molecule has 1 aliphatic heterocycles. The van der Waals surface area contributed by atoms with Gasteiger partial charge in [0.15, 0.2) is 23.9 Å². The second-order valence-corrected chi connectivity index (χ2v) is 4.72. The number of aliphatic hydroxyl groups excluding tert-OH is 2. The van der Waals surface area contributed by atoms with Gasteiger partial charge in [-0.25, -0.2) is 9.37 Å². The average molecular weight is 304 g/mol. The Balaban J connectivity index is 2.07. The number of anilines is 1. The van der Waals surface area contributed by atoms with Crippen molar-refractivity contribution in [2.75, 3.05) is 12.3 Å². The summed E-state index contributed by atoms with van der Waals surface area (Å²) in [7, 11) is 0. The van der Waals surface area contributed by atoms with Crippen LogP contribution in [0.4, 0.5) is 10.2 Å². The number of ether oxygens (including phenoxy) is 1. The fraction of sp³-hybridized carbons (Fsp3) is 0.500. The zero-order valence-electron chi connectivity index (χ0n) is 10.0. The Morgan fingerprint density at radius 3 is 2.90 bits per heavy atom. The van der Waals surface area contributed by atoms with Crippen LogP contribution in [0.15, 0.2) is 6.33 Å². The smallest absolute Gasteiger partial charge is 0.226 e. The largest absolute Gasteiger partial charge is 0.394 e. The summed E-state index contributed by atoms with van der Waals surface area (Å²) in [6, 6.07) is 0. The molecule has 0 aliphatic carbocycles. The van der Waals surface area contributed by atoms with E-state index in [0.29, 0.717) is 0 Å². The summed E-state index contributed by atoms with van der Waals surface area (Å²) in [6.45, 7) is -0.542. The van der Waals surface area contributed by atoms with Crippen LogP contribution in [-0.2, 0) is 4.74 Å². The van der Waals surface area contributed by atoms with E-state index in [1.807, 2.05) is 0 Å². The van der Waals surface area contributed by atoms with E-state index in [0.717, 1.165) is 0 Å². The first-order valence-electron chi connectivity index (χ1n) is 5.77. The maximum Gasteiger partial charge on any atom is 0.226 e. The minimum absolute atomic E-state index is 0.0711. The van der Waals surface area contributed by atoms with Crippen molar-refractivity contribution in [2.45, 2.75) is 24.6 Å². The van der Waals surface area contributed by atoms with Crippen molar-refractivity contribution in [1.82, 2.24) is 19.5 Å². The zero-order valence-corrected chi connectivity index (χ0v) is 10.8. The number of halogens is 2. The third kappa shape index (κ3) is 1.90. The normalized spacial score (nSPS) is 30.2. The van der Waals surface area contributed by atoms with Crippen LogP contribution in [0.25, 0.3) is 11.2 Å². The van der Waals surface area contributed by atoms with Crippen molar-refractivity contribution in [3.63, 3.8) is 0 Å². The Hall–Kier alpha value is -1.55. The quantitative estimate of drug-likeness (QED) is 0.649. The molecule has 0 saturated carbocycles. The highest BCUT2D eigenvalue weighted by Gasteiger charge is 2.45. The predicted molar refractivity (Wildman–Crippen MR) is 66.6 cm³/mol. The van der Waals surface area contributed by atoms with Crippen molar-refractivity contribution < 1.29 is 19.3 Å². The highest BCUT2D eigenvalue weighted by Crippen LogP contribution is 2.33. The number of hydrogen-bond donors (Lipinski definition) is 3. The first-order chi connectivity index (χ1) is 9.52. The topological polar surface area (TPSA) is 119 Å². The molecule has 4 atom stereocenters. The molecular weight excluding hydrogens is 293 g/mol. The zero-order chi connectivity index (χ0) is 14.4. The highest BCUT2D eigenvalue weighted by molar-refractivity contribution is 6.28. The molecule has 0 bridgehead atoms. The van der Waals surface area contributed by atoms with Gasteiger partial charge in [-0.15, -0.1) is 0 Å². The second-order valence-electron chi connectivity index (χ2n) is 4.38. The first kappa shape index (κ1) is 13.4. The molecule has 0 spiro atoms. The fourth-order valence-corrected chi connectivity index (χ4v) is 2.35. The Morgan fingerprint density at radius 1 is 1.50 bits per heavy atom. The molecule has 20 heavy (non-hydrogen) atoms. The molecule has 2 aromatic heterocycles. The molecule has 0 amide bonds. The molecule has 0 radical (unpaired) electrons. The van der Waals surface area contributed by atoms with Crippen LogP contribution in [-0.4, -0.2) is 54.7 Å². The van der Waals surface area contributed by atoms with Crippen LogP contribution in [0.3, 0.4) is 0 Å². The van der Waals surface area contributed by atoms with E-state index in [-0.39, 0.29) is 22.3 Å². The van der Waals surface area contributed by atoms with Crippen molar-refractivity contribution in [1.29, 1.82) is 0 Å². The summed E-state index contributed by atoms with van der Waals surface area (Å²) in [5.41, 5.74) is 6.15. The molecule has 1 saturated heterocycles. The predicted octanol–water partition coefficient (Wildman–Crippen LogP) is -0.349. The summed E-state index contributed by atoms with van der Waals surface area (Å²) in [5, 5.41) is 18.8. The number of nitrogens with two attached hydrogens (primary N) is 1. The van der Waals surface area contributed by atoms with Gasteiger partial charge in [-0.3, -0.25) is 4.57 Å². The second kappa shape index (κ2) is 4.77. The van der Waals surface area contributed by atoms with Gasteiger partial charge in [0.25, 0.3) is 0 Å². The lowest BCUT2D eigenvalue weighted by molar-refractivity contribution is -0.0495. The van der Waals surface area contributed by atoms with Gasteiger partial charge < -0.3 is 20.7 Å². The van der Waals surface area contributed by atoms with E-state index in [2.05, 4.69) is 15.0 Å². The molecule has 2 aromatic rings. The standard InChI is InChI=1S/C10H11ClFN5O3/c11-10-15-7(13)5-8(16-10)17(2-14-5)9-6(19)4(12)3(1-18)20-9/h2-4,6,9,18-19H,1H2,(H2,13,15,16)/t3-,4?,6+,9-/m1/s1. The van der Waals surface area contributed by atoms with Gasteiger partial charge >= 0.3 is 0 Å². The lowest BCUT2D eigenvalue weighted by Crippen LogP contribution is -2.29. The molecule has 1 aliphatic rings. The van der Waals surface area contributed by atoms with Crippen LogP contribution in [0, 0.1) is 0 Å². The van der Waals surface area contributed by atoms with Gasteiger partial charge in [0.05, 0.1) is 12.9 Å². The Bertz CT molecular complexity index is 653. The lowest BCUT2D eigenvalue weighted by Gasteiger charge is -2.16. The lowest BCUT2D eigenvalue weighted by atomic mass is 10.1.